The third-order valence-electron chi connectivity index (χ3n) is 3.11. The Hall–Kier alpha value is -1.35. The maximum Gasteiger partial charge on any atom is 0.227 e. The van der Waals surface area contributed by atoms with Gasteiger partial charge in [-0.3, -0.25) is 4.79 Å². The average Bonchev–Trinajstić information content (AvgIpc) is 2.29. The number of carbonyl (C=O) groups is 1. The van der Waals surface area contributed by atoms with Crippen molar-refractivity contribution in [2.24, 2.45) is 5.92 Å². The van der Waals surface area contributed by atoms with E-state index >= 15 is 0 Å². The summed E-state index contributed by atoms with van der Waals surface area (Å²) in [6.07, 6.45) is 1.59. The van der Waals surface area contributed by atoms with Crippen molar-refractivity contribution in [1.82, 2.24) is 0 Å². The summed E-state index contributed by atoms with van der Waals surface area (Å²) in [5.41, 5.74) is 0.679. The third-order valence-corrected chi connectivity index (χ3v) is 3.11. The van der Waals surface area contributed by atoms with Crippen LogP contribution in [0.5, 0.6) is 0 Å². The zero-order valence-corrected chi connectivity index (χ0v) is 10.4. The third kappa shape index (κ3) is 3.30. The molecule has 0 aliphatic carbocycles. The Kier molecular flexibility index (Phi) is 3.48. The van der Waals surface area contributed by atoms with E-state index in [0.717, 1.165) is 18.5 Å². The summed E-state index contributed by atoms with van der Waals surface area (Å²) in [6, 6.07) is 9.59. The summed E-state index contributed by atoms with van der Waals surface area (Å²) < 4.78 is 5.62. The Bertz CT molecular complexity index is 386. The molecule has 0 bridgehead atoms. The second-order valence-corrected chi connectivity index (χ2v) is 5.15. The zero-order chi connectivity index (χ0) is 12.3. The average molecular weight is 233 g/mol. The highest BCUT2D eigenvalue weighted by molar-refractivity contribution is 5.92. The van der Waals surface area contributed by atoms with E-state index in [-0.39, 0.29) is 17.4 Å². The highest BCUT2D eigenvalue weighted by Crippen LogP contribution is 2.29. The SMILES string of the molecule is CC1(C)C[C@H](C(=O)Nc2ccccc2)CCO1. The number of rotatable bonds is 2. The normalized spacial score (nSPS) is 23.1. The Morgan fingerprint density at radius 1 is 1.35 bits per heavy atom. The summed E-state index contributed by atoms with van der Waals surface area (Å²) in [5.74, 6) is 0.159. The van der Waals surface area contributed by atoms with E-state index in [4.69, 9.17) is 4.74 Å². The maximum atomic E-state index is 12.1. The van der Waals surface area contributed by atoms with Crippen LogP contribution in [0.15, 0.2) is 30.3 Å². The van der Waals surface area contributed by atoms with Crippen molar-refractivity contribution in [2.75, 3.05) is 11.9 Å². The lowest BCUT2D eigenvalue weighted by atomic mass is 9.88. The molecule has 1 saturated heterocycles. The van der Waals surface area contributed by atoms with Gasteiger partial charge in [-0.15, -0.1) is 0 Å². The predicted molar refractivity (Wildman–Crippen MR) is 67.8 cm³/mol. The van der Waals surface area contributed by atoms with Crippen LogP contribution in [0.4, 0.5) is 5.69 Å². The largest absolute Gasteiger partial charge is 0.376 e. The van der Waals surface area contributed by atoms with Gasteiger partial charge < -0.3 is 10.1 Å². The molecule has 0 spiro atoms. The Labute approximate surface area is 102 Å². The summed E-state index contributed by atoms with van der Waals surface area (Å²) in [5, 5.41) is 2.95. The molecule has 1 atom stereocenters. The molecule has 1 aromatic carbocycles. The molecule has 2 rings (SSSR count). The molecule has 3 heteroatoms. The topological polar surface area (TPSA) is 38.3 Å². The standard InChI is InChI=1S/C14H19NO2/c1-14(2)10-11(8-9-17-14)13(16)15-12-6-4-3-5-7-12/h3-7,11H,8-10H2,1-2H3,(H,15,16)/t11-/m1/s1. The molecule has 92 valence electrons. The van der Waals surface area contributed by atoms with Crippen molar-refractivity contribution in [3.63, 3.8) is 0 Å². The highest BCUT2D eigenvalue weighted by Gasteiger charge is 2.32. The van der Waals surface area contributed by atoms with Crippen LogP contribution < -0.4 is 5.32 Å². The first-order valence-electron chi connectivity index (χ1n) is 6.07. The van der Waals surface area contributed by atoms with Crippen molar-refractivity contribution in [1.29, 1.82) is 0 Å². The number of benzene rings is 1. The van der Waals surface area contributed by atoms with Gasteiger partial charge in [0.25, 0.3) is 0 Å². The minimum Gasteiger partial charge on any atom is -0.376 e. The van der Waals surface area contributed by atoms with Gasteiger partial charge in [0.2, 0.25) is 5.91 Å². The van der Waals surface area contributed by atoms with Gasteiger partial charge >= 0.3 is 0 Å². The fourth-order valence-electron chi connectivity index (χ4n) is 2.22. The van der Waals surface area contributed by atoms with Crippen LogP contribution in [0.2, 0.25) is 0 Å². The van der Waals surface area contributed by atoms with Gasteiger partial charge in [-0.2, -0.15) is 0 Å². The number of ether oxygens (including phenoxy) is 1. The Morgan fingerprint density at radius 3 is 2.71 bits per heavy atom. The van der Waals surface area contributed by atoms with Crippen molar-refractivity contribution >= 4 is 11.6 Å². The molecule has 3 nitrogen and oxygen atoms in total. The van der Waals surface area contributed by atoms with E-state index in [0.29, 0.717) is 6.61 Å². The number of amides is 1. The van der Waals surface area contributed by atoms with Gasteiger partial charge in [0, 0.05) is 18.2 Å². The van der Waals surface area contributed by atoms with Gasteiger partial charge in [0.15, 0.2) is 0 Å². The van der Waals surface area contributed by atoms with Gasteiger partial charge in [-0.1, -0.05) is 18.2 Å². The molecule has 0 aromatic heterocycles. The lowest BCUT2D eigenvalue weighted by molar-refractivity contribution is -0.130. The summed E-state index contributed by atoms with van der Waals surface area (Å²) in [4.78, 5) is 12.1. The van der Waals surface area contributed by atoms with E-state index in [1.54, 1.807) is 0 Å². The van der Waals surface area contributed by atoms with Gasteiger partial charge in [-0.05, 0) is 38.8 Å². The van der Waals surface area contributed by atoms with Gasteiger partial charge in [0.1, 0.15) is 0 Å². The molecule has 1 N–H and O–H groups in total. The summed E-state index contributed by atoms with van der Waals surface area (Å²) in [7, 11) is 0. The second kappa shape index (κ2) is 4.88. The number of hydrogen-bond acceptors (Lipinski definition) is 2. The van der Waals surface area contributed by atoms with Crippen LogP contribution in [-0.4, -0.2) is 18.1 Å². The van der Waals surface area contributed by atoms with Crippen LogP contribution in [0.1, 0.15) is 26.7 Å². The quantitative estimate of drug-likeness (QED) is 0.853. The number of para-hydroxylation sites is 1. The van der Waals surface area contributed by atoms with Crippen LogP contribution in [0, 0.1) is 5.92 Å². The van der Waals surface area contributed by atoms with Gasteiger partial charge in [0.05, 0.1) is 5.60 Å². The minimum atomic E-state index is -0.184. The summed E-state index contributed by atoms with van der Waals surface area (Å²) in [6.45, 7) is 4.74. The fraction of sp³-hybridized carbons (Fsp3) is 0.500. The molecule has 1 fully saturated rings. The van der Waals surface area contributed by atoms with Crippen molar-refractivity contribution < 1.29 is 9.53 Å². The van der Waals surface area contributed by atoms with Crippen LogP contribution in [-0.2, 0) is 9.53 Å². The Morgan fingerprint density at radius 2 is 2.06 bits per heavy atom. The van der Waals surface area contributed by atoms with E-state index < -0.39 is 0 Å². The monoisotopic (exact) mass is 233 g/mol. The van der Waals surface area contributed by atoms with Crippen molar-refractivity contribution in [3.05, 3.63) is 30.3 Å². The molecule has 1 amide bonds. The lowest BCUT2D eigenvalue weighted by Gasteiger charge is -2.34. The molecule has 0 saturated carbocycles. The molecule has 1 aromatic rings. The number of carbonyl (C=O) groups excluding carboxylic acids is 1. The van der Waals surface area contributed by atoms with Gasteiger partial charge in [-0.25, -0.2) is 0 Å². The first kappa shape index (κ1) is 12.1. The molecule has 0 radical (unpaired) electrons. The lowest BCUT2D eigenvalue weighted by Crippen LogP contribution is -2.39. The van der Waals surface area contributed by atoms with Crippen molar-refractivity contribution in [3.8, 4) is 0 Å². The molecular weight excluding hydrogens is 214 g/mol. The molecule has 1 aliphatic rings. The van der Waals surface area contributed by atoms with E-state index in [2.05, 4.69) is 5.32 Å². The van der Waals surface area contributed by atoms with Crippen LogP contribution >= 0.6 is 0 Å². The van der Waals surface area contributed by atoms with Crippen LogP contribution in [0.25, 0.3) is 0 Å². The molecule has 0 unspecified atom stereocenters. The number of hydrogen-bond donors (Lipinski definition) is 1. The Balaban J connectivity index is 1.96. The van der Waals surface area contributed by atoms with E-state index in [1.807, 2.05) is 44.2 Å². The molecule has 17 heavy (non-hydrogen) atoms. The van der Waals surface area contributed by atoms with Crippen molar-refractivity contribution in [2.45, 2.75) is 32.3 Å². The molecular formula is C14H19NO2. The van der Waals surface area contributed by atoms with E-state index in [1.165, 1.54) is 0 Å². The highest BCUT2D eigenvalue weighted by atomic mass is 16.5. The van der Waals surface area contributed by atoms with Crippen LogP contribution in [0.3, 0.4) is 0 Å². The van der Waals surface area contributed by atoms with E-state index in [9.17, 15) is 4.79 Å². The summed E-state index contributed by atoms with van der Waals surface area (Å²) >= 11 is 0. The first-order chi connectivity index (χ1) is 8.07. The zero-order valence-electron chi connectivity index (χ0n) is 10.4. The number of anilines is 1. The smallest absolute Gasteiger partial charge is 0.227 e. The first-order valence-corrected chi connectivity index (χ1v) is 6.07. The fourth-order valence-corrected chi connectivity index (χ4v) is 2.22. The maximum absolute atomic E-state index is 12.1. The second-order valence-electron chi connectivity index (χ2n) is 5.15. The minimum absolute atomic E-state index is 0.0546. The number of nitrogens with one attached hydrogen (secondary N) is 1. The predicted octanol–water partition coefficient (Wildman–Crippen LogP) is 2.83. The molecule has 1 heterocycles. The molecule has 1 aliphatic heterocycles.